The average Bonchev–Trinajstić information content (AvgIpc) is 2.82. The molecule has 0 atom stereocenters. The Balaban J connectivity index is 2.53. The average molecular weight is 226 g/mol. The van der Waals surface area contributed by atoms with Crippen LogP contribution in [-0.2, 0) is 9.59 Å². The molecule has 0 aromatic rings. The molecule has 1 aliphatic carbocycles. The SMILES string of the molecule is N#CCC1(CN(CC(=O)O)CC(=O)O)CC1. The lowest BCUT2D eigenvalue weighted by Gasteiger charge is -2.22. The molecule has 0 aromatic carbocycles. The summed E-state index contributed by atoms with van der Waals surface area (Å²) in [5.41, 5.74) is -0.167. The van der Waals surface area contributed by atoms with E-state index < -0.39 is 11.9 Å². The van der Waals surface area contributed by atoms with Gasteiger partial charge in [-0.2, -0.15) is 5.26 Å². The lowest BCUT2D eigenvalue weighted by Crippen LogP contribution is -2.38. The molecule has 0 unspecified atom stereocenters. The fourth-order valence-corrected chi connectivity index (χ4v) is 1.76. The van der Waals surface area contributed by atoms with Gasteiger partial charge in [0, 0.05) is 13.0 Å². The number of nitriles is 1. The van der Waals surface area contributed by atoms with Crippen molar-refractivity contribution in [2.24, 2.45) is 5.41 Å². The summed E-state index contributed by atoms with van der Waals surface area (Å²) in [5.74, 6) is -2.09. The van der Waals surface area contributed by atoms with Crippen molar-refractivity contribution in [3.8, 4) is 6.07 Å². The Labute approximate surface area is 93.1 Å². The van der Waals surface area contributed by atoms with Gasteiger partial charge < -0.3 is 10.2 Å². The summed E-state index contributed by atoms with van der Waals surface area (Å²) >= 11 is 0. The Hall–Kier alpha value is -1.61. The first-order chi connectivity index (χ1) is 7.47. The van der Waals surface area contributed by atoms with Crippen LogP contribution in [0.4, 0.5) is 0 Å². The second-order valence-corrected chi connectivity index (χ2v) is 4.27. The highest BCUT2D eigenvalue weighted by atomic mass is 16.4. The van der Waals surface area contributed by atoms with E-state index in [0.29, 0.717) is 13.0 Å². The van der Waals surface area contributed by atoms with Gasteiger partial charge in [-0.05, 0) is 18.3 Å². The zero-order chi connectivity index (χ0) is 12.2. The van der Waals surface area contributed by atoms with E-state index in [1.54, 1.807) is 0 Å². The van der Waals surface area contributed by atoms with E-state index in [1.165, 1.54) is 4.90 Å². The van der Waals surface area contributed by atoms with Crippen LogP contribution in [0.15, 0.2) is 0 Å². The van der Waals surface area contributed by atoms with E-state index in [-0.39, 0.29) is 18.5 Å². The molecular formula is C10H14N2O4. The van der Waals surface area contributed by atoms with Gasteiger partial charge in [-0.15, -0.1) is 0 Å². The Morgan fingerprint density at radius 1 is 1.25 bits per heavy atom. The monoisotopic (exact) mass is 226 g/mol. The summed E-state index contributed by atoms with van der Waals surface area (Å²) in [4.78, 5) is 22.5. The largest absolute Gasteiger partial charge is 0.480 e. The molecule has 6 nitrogen and oxygen atoms in total. The standard InChI is InChI=1S/C10H14N2O4/c11-4-3-10(1-2-10)7-12(5-8(13)14)6-9(15)16/h1-3,5-7H2,(H,13,14)(H,15,16). The molecule has 0 saturated heterocycles. The maximum atomic E-state index is 10.6. The zero-order valence-electron chi connectivity index (χ0n) is 8.85. The number of hydrogen-bond donors (Lipinski definition) is 2. The molecule has 2 N–H and O–H groups in total. The number of carbonyl (C=O) groups is 2. The predicted molar refractivity (Wildman–Crippen MR) is 53.6 cm³/mol. The molecule has 1 aliphatic rings. The van der Waals surface area contributed by atoms with Gasteiger partial charge in [0.2, 0.25) is 0 Å². The van der Waals surface area contributed by atoms with Gasteiger partial charge in [-0.1, -0.05) is 0 Å². The van der Waals surface area contributed by atoms with E-state index in [9.17, 15) is 9.59 Å². The number of nitrogens with zero attached hydrogens (tertiary/aromatic N) is 2. The van der Waals surface area contributed by atoms with E-state index >= 15 is 0 Å². The van der Waals surface area contributed by atoms with Crippen LogP contribution in [0, 0.1) is 16.7 Å². The topological polar surface area (TPSA) is 102 Å². The second kappa shape index (κ2) is 4.94. The number of rotatable bonds is 7. The van der Waals surface area contributed by atoms with Gasteiger partial charge in [0.15, 0.2) is 0 Å². The molecule has 6 heteroatoms. The maximum absolute atomic E-state index is 10.6. The number of aliphatic carboxylic acids is 2. The number of hydrogen-bond acceptors (Lipinski definition) is 4. The van der Waals surface area contributed by atoms with Crippen molar-refractivity contribution in [2.75, 3.05) is 19.6 Å². The fourth-order valence-electron chi connectivity index (χ4n) is 1.76. The number of carboxylic acids is 2. The Bertz CT molecular complexity index is 314. The van der Waals surface area contributed by atoms with Gasteiger partial charge in [-0.25, -0.2) is 0 Å². The third-order valence-corrected chi connectivity index (χ3v) is 2.69. The van der Waals surface area contributed by atoms with Gasteiger partial charge in [0.05, 0.1) is 19.2 Å². The zero-order valence-corrected chi connectivity index (χ0v) is 8.85. The van der Waals surface area contributed by atoms with Gasteiger partial charge in [0.25, 0.3) is 0 Å². The number of carboxylic acid groups (broad SMARTS) is 2. The van der Waals surface area contributed by atoms with E-state index in [4.69, 9.17) is 15.5 Å². The van der Waals surface area contributed by atoms with Gasteiger partial charge in [-0.3, -0.25) is 14.5 Å². The molecule has 0 radical (unpaired) electrons. The van der Waals surface area contributed by atoms with Crippen LogP contribution in [0.25, 0.3) is 0 Å². The summed E-state index contributed by atoms with van der Waals surface area (Å²) < 4.78 is 0. The van der Waals surface area contributed by atoms with Crippen LogP contribution in [0.1, 0.15) is 19.3 Å². The minimum absolute atomic E-state index is 0.167. The first-order valence-corrected chi connectivity index (χ1v) is 5.00. The Morgan fingerprint density at radius 3 is 2.06 bits per heavy atom. The van der Waals surface area contributed by atoms with Crippen molar-refractivity contribution in [3.63, 3.8) is 0 Å². The third-order valence-electron chi connectivity index (χ3n) is 2.69. The van der Waals surface area contributed by atoms with Crippen molar-refractivity contribution in [3.05, 3.63) is 0 Å². The summed E-state index contributed by atoms with van der Waals surface area (Å²) in [7, 11) is 0. The van der Waals surface area contributed by atoms with Crippen LogP contribution < -0.4 is 0 Å². The minimum Gasteiger partial charge on any atom is -0.480 e. The van der Waals surface area contributed by atoms with Crippen molar-refractivity contribution in [1.82, 2.24) is 4.90 Å². The Kier molecular flexibility index (Phi) is 3.85. The van der Waals surface area contributed by atoms with E-state index in [2.05, 4.69) is 6.07 Å². The molecule has 1 fully saturated rings. The van der Waals surface area contributed by atoms with E-state index in [0.717, 1.165) is 12.8 Å². The highest BCUT2D eigenvalue weighted by molar-refractivity contribution is 5.72. The molecule has 0 amide bonds. The third kappa shape index (κ3) is 3.87. The van der Waals surface area contributed by atoms with Gasteiger partial charge >= 0.3 is 11.9 Å². The normalized spacial score (nSPS) is 16.8. The highest BCUT2D eigenvalue weighted by Gasteiger charge is 2.44. The molecule has 16 heavy (non-hydrogen) atoms. The van der Waals surface area contributed by atoms with Crippen LogP contribution in [0.3, 0.4) is 0 Å². The van der Waals surface area contributed by atoms with Crippen LogP contribution in [-0.4, -0.2) is 46.7 Å². The summed E-state index contributed by atoms with van der Waals surface area (Å²) in [6.45, 7) is -0.210. The molecular weight excluding hydrogens is 212 g/mol. The maximum Gasteiger partial charge on any atom is 0.317 e. The molecule has 1 saturated carbocycles. The Morgan fingerprint density at radius 2 is 1.75 bits per heavy atom. The first kappa shape index (κ1) is 12.5. The molecule has 88 valence electrons. The molecule has 1 rings (SSSR count). The predicted octanol–water partition coefficient (Wildman–Crippen LogP) is 0.151. The summed E-state index contributed by atoms with van der Waals surface area (Å²) in [5, 5.41) is 25.9. The second-order valence-electron chi connectivity index (χ2n) is 4.27. The van der Waals surface area contributed by atoms with Crippen molar-refractivity contribution < 1.29 is 19.8 Å². The molecule has 0 aromatic heterocycles. The lowest BCUT2D eigenvalue weighted by atomic mass is 10.0. The van der Waals surface area contributed by atoms with Crippen LogP contribution in [0.2, 0.25) is 0 Å². The van der Waals surface area contributed by atoms with Crippen molar-refractivity contribution >= 4 is 11.9 Å². The van der Waals surface area contributed by atoms with E-state index in [1.807, 2.05) is 0 Å². The molecule has 0 aliphatic heterocycles. The molecule has 0 bridgehead atoms. The summed E-state index contributed by atoms with van der Waals surface area (Å²) in [6, 6.07) is 2.06. The van der Waals surface area contributed by atoms with Crippen LogP contribution >= 0.6 is 0 Å². The van der Waals surface area contributed by atoms with Gasteiger partial charge in [0.1, 0.15) is 0 Å². The quantitative estimate of drug-likeness (QED) is 0.640. The summed E-state index contributed by atoms with van der Waals surface area (Å²) in [6.07, 6.45) is 2.11. The lowest BCUT2D eigenvalue weighted by molar-refractivity contribution is -0.142. The molecule has 0 spiro atoms. The highest BCUT2D eigenvalue weighted by Crippen LogP contribution is 2.49. The fraction of sp³-hybridized carbons (Fsp3) is 0.700. The van der Waals surface area contributed by atoms with Crippen molar-refractivity contribution in [2.45, 2.75) is 19.3 Å². The van der Waals surface area contributed by atoms with Crippen LogP contribution in [0.5, 0.6) is 0 Å². The smallest absolute Gasteiger partial charge is 0.317 e. The molecule has 0 heterocycles. The van der Waals surface area contributed by atoms with Crippen molar-refractivity contribution in [1.29, 1.82) is 5.26 Å². The first-order valence-electron chi connectivity index (χ1n) is 5.00. The minimum atomic E-state index is -1.05.